The lowest BCUT2D eigenvalue weighted by Crippen LogP contribution is -2.14. The summed E-state index contributed by atoms with van der Waals surface area (Å²) >= 11 is 0. The maximum absolute atomic E-state index is 12.5. The molecule has 0 amide bonds. The molecule has 2 heterocycles. The van der Waals surface area contributed by atoms with Gasteiger partial charge in [0, 0.05) is 25.1 Å². The Morgan fingerprint density at radius 2 is 2.04 bits per heavy atom. The molecule has 0 aliphatic rings. The Hall–Kier alpha value is -2.61. The quantitative estimate of drug-likeness (QED) is 0.772. The molecule has 0 aliphatic heterocycles. The maximum Gasteiger partial charge on any atom is 0.265 e. The Bertz CT molecular complexity index is 913. The van der Waals surface area contributed by atoms with E-state index in [0.717, 1.165) is 5.56 Å². The molecule has 8 heteroatoms. The number of rotatable bonds is 5. The second-order valence-electron chi connectivity index (χ2n) is 5.23. The highest BCUT2D eigenvalue weighted by atomic mass is 32.2. The first-order valence-electron chi connectivity index (χ1n) is 7.03. The molecule has 0 spiro atoms. The SMILES string of the molecule is Cc1c(S(=O)(=O)Nc2cccc(Cn3cccn3)c2)cnn1C. The third kappa shape index (κ3) is 3.26. The van der Waals surface area contributed by atoms with Gasteiger partial charge in [-0.2, -0.15) is 10.2 Å². The van der Waals surface area contributed by atoms with Gasteiger partial charge in [-0.15, -0.1) is 0 Å². The Kier molecular flexibility index (Phi) is 3.91. The van der Waals surface area contributed by atoms with Crippen LogP contribution in [0.15, 0.2) is 53.8 Å². The van der Waals surface area contributed by atoms with E-state index in [1.54, 1.807) is 37.0 Å². The van der Waals surface area contributed by atoms with Crippen LogP contribution in [0.4, 0.5) is 5.69 Å². The summed E-state index contributed by atoms with van der Waals surface area (Å²) < 4.78 is 30.9. The van der Waals surface area contributed by atoms with Crippen LogP contribution in [0.2, 0.25) is 0 Å². The Labute approximate surface area is 134 Å². The van der Waals surface area contributed by atoms with Crippen molar-refractivity contribution in [2.24, 2.45) is 7.05 Å². The van der Waals surface area contributed by atoms with Crippen LogP contribution in [0, 0.1) is 6.92 Å². The highest BCUT2D eigenvalue weighted by Gasteiger charge is 2.20. The van der Waals surface area contributed by atoms with Gasteiger partial charge < -0.3 is 0 Å². The van der Waals surface area contributed by atoms with Crippen molar-refractivity contribution in [2.45, 2.75) is 18.4 Å². The summed E-state index contributed by atoms with van der Waals surface area (Å²) in [6.07, 6.45) is 4.92. The van der Waals surface area contributed by atoms with Gasteiger partial charge in [-0.05, 0) is 30.7 Å². The topological polar surface area (TPSA) is 81.8 Å². The number of benzene rings is 1. The van der Waals surface area contributed by atoms with Gasteiger partial charge in [-0.1, -0.05) is 12.1 Å². The molecule has 0 saturated heterocycles. The lowest BCUT2D eigenvalue weighted by Gasteiger charge is -2.09. The molecule has 0 radical (unpaired) electrons. The molecule has 3 rings (SSSR count). The summed E-state index contributed by atoms with van der Waals surface area (Å²) in [5.74, 6) is 0. The molecule has 3 aromatic rings. The van der Waals surface area contributed by atoms with Crippen molar-refractivity contribution in [2.75, 3.05) is 4.72 Å². The molecule has 1 aromatic carbocycles. The second kappa shape index (κ2) is 5.88. The summed E-state index contributed by atoms with van der Waals surface area (Å²) in [6, 6.07) is 9.10. The zero-order valence-electron chi connectivity index (χ0n) is 12.8. The van der Waals surface area contributed by atoms with Gasteiger partial charge in [-0.3, -0.25) is 14.1 Å². The zero-order valence-corrected chi connectivity index (χ0v) is 13.7. The second-order valence-corrected chi connectivity index (χ2v) is 6.88. The molecule has 0 saturated carbocycles. The third-order valence-electron chi connectivity index (χ3n) is 3.56. The van der Waals surface area contributed by atoms with E-state index in [4.69, 9.17) is 0 Å². The van der Waals surface area contributed by atoms with Crippen LogP contribution in [0.5, 0.6) is 0 Å². The fourth-order valence-electron chi connectivity index (χ4n) is 2.27. The molecule has 7 nitrogen and oxygen atoms in total. The number of nitrogens with zero attached hydrogens (tertiary/aromatic N) is 4. The van der Waals surface area contributed by atoms with Crippen molar-refractivity contribution in [3.63, 3.8) is 0 Å². The molecular formula is C15H17N5O2S. The molecule has 2 aromatic heterocycles. The van der Waals surface area contributed by atoms with E-state index in [-0.39, 0.29) is 4.90 Å². The average Bonchev–Trinajstić information content (AvgIpc) is 3.10. The molecule has 0 fully saturated rings. The lowest BCUT2D eigenvalue weighted by molar-refractivity contribution is 0.600. The highest BCUT2D eigenvalue weighted by Crippen LogP contribution is 2.19. The van der Waals surface area contributed by atoms with Crippen LogP contribution in [0.25, 0.3) is 0 Å². The van der Waals surface area contributed by atoms with Crippen LogP contribution in [0.3, 0.4) is 0 Å². The fraction of sp³-hybridized carbons (Fsp3) is 0.200. The van der Waals surface area contributed by atoms with Crippen molar-refractivity contribution in [3.05, 3.63) is 60.2 Å². The van der Waals surface area contributed by atoms with E-state index >= 15 is 0 Å². The minimum absolute atomic E-state index is 0.178. The van der Waals surface area contributed by atoms with Gasteiger partial charge in [0.25, 0.3) is 10.0 Å². The first kappa shape index (κ1) is 15.3. The first-order valence-corrected chi connectivity index (χ1v) is 8.52. The highest BCUT2D eigenvalue weighted by molar-refractivity contribution is 7.92. The fourth-order valence-corrected chi connectivity index (χ4v) is 3.52. The number of aryl methyl sites for hydroxylation is 1. The van der Waals surface area contributed by atoms with Crippen LogP contribution < -0.4 is 4.72 Å². The number of nitrogens with one attached hydrogen (secondary N) is 1. The van der Waals surface area contributed by atoms with Gasteiger partial charge >= 0.3 is 0 Å². The average molecular weight is 331 g/mol. The predicted molar refractivity (Wildman–Crippen MR) is 86.5 cm³/mol. The molecule has 0 aliphatic carbocycles. The number of aromatic nitrogens is 4. The van der Waals surface area contributed by atoms with E-state index in [2.05, 4.69) is 14.9 Å². The van der Waals surface area contributed by atoms with Crippen molar-refractivity contribution in [1.29, 1.82) is 0 Å². The third-order valence-corrected chi connectivity index (χ3v) is 5.05. The predicted octanol–water partition coefficient (Wildman–Crippen LogP) is 1.77. The van der Waals surface area contributed by atoms with E-state index in [1.165, 1.54) is 10.9 Å². The monoisotopic (exact) mass is 331 g/mol. The Balaban J connectivity index is 1.84. The summed E-state index contributed by atoms with van der Waals surface area (Å²) in [7, 11) is -1.95. The summed E-state index contributed by atoms with van der Waals surface area (Å²) in [5.41, 5.74) is 2.06. The van der Waals surface area contributed by atoms with E-state index in [9.17, 15) is 8.42 Å². The van der Waals surface area contributed by atoms with Crippen molar-refractivity contribution < 1.29 is 8.42 Å². The normalized spacial score (nSPS) is 11.6. The minimum Gasteiger partial charge on any atom is -0.280 e. The van der Waals surface area contributed by atoms with E-state index < -0.39 is 10.0 Å². The zero-order chi connectivity index (χ0) is 16.4. The van der Waals surface area contributed by atoms with Crippen LogP contribution in [0.1, 0.15) is 11.3 Å². The number of sulfonamides is 1. The molecule has 0 atom stereocenters. The summed E-state index contributed by atoms with van der Waals surface area (Å²) in [5, 5.41) is 8.12. The summed E-state index contributed by atoms with van der Waals surface area (Å²) in [4.78, 5) is 0.178. The maximum atomic E-state index is 12.5. The van der Waals surface area contributed by atoms with Crippen molar-refractivity contribution >= 4 is 15.7 Å². The van der Waals surface area contributed by atoms with E-state index in [1.807, 2.05) is 24.4 Å². The first-order chi connectivity index (χ1) is 11.0. The van der Waals surface area contributed by atoms with Crippen LogP contribution in [-0.2, 0) is 23.6 Å². The molecule has 23 heavy (non-hydrogen) atoms. The number of anilines is 1. The Morgan fingerprint density at radius 3 is 2.70 bits per heavy atom. The number of hydrogen-bond acceptors (Lipinski definition) is 4. The number of hydrogen-bond donors (Lipinski definition) is 1. The van der Waals surface area contributed by atoms with Gasteiger partial charge in [-0.25, -0.2) is 8.42 Å². The molecule has 120 valence electrons. The van der Waals surface area contributed by atoms with Crippen molar-refractivity contribution in [3.8, 4) is 0 Å². The molecule has 0 bridgehead atoms. The Morgan fingerprint density at radius 1 is 1.22 bits per heavy atom. The molecule has 0 unspecified atom stereocenters. The van der Waals surface area contributed by atoms with Gasteiger partial charge in [0.1, 0.15) is 4.90 Å². The summed E-state index contributed by atoms with van der Waals surface area (Å²) in [6.45, 7) is 2.30. The van der Waals surface area contributed by atoms with Gasteiger partial charge in [0.05, 0.1) is 18.4 Å². The molecule has 1 N–H and O–H groups in total. The van der Waals surface area contributed by atoms with E-state index in [0.29, 0.717) is 17.9 Å². The van der Waals surface area contributed by atoms with Crippen LogP contribution >= 0.6 is 0 Å². The largest absolute Gasteiger partial charge is 0.280 e. The minimum atomic E-state index is -3.66. The standard InChI is InChI=1S/C15H17N5O2S/c1-12-15(10-17-19(12)2)23(21,22)18-14-6-3-5-13(9-14)11-20-8-4-7-16-20/h3-10,18H,11H2,1-2H3. The lowest BCUT2D eigenvalue weighted by atomic mass is 10.2. The van der Waals surface area contributed by atoms with Crippen molar-refractivity contribution in [1.82, 2.24) is 19.6 Å². The van der Waals surface area contributed by atoms with Gasteiger partial charge in [0.2, 0.25) is 0 Å². The van der Waals surface area contributed by atoms with Crippen LogP contribution in [-0.4, -0.2) is 28.0 Å². The van der Waals surface area contributed by atoms with Gasteiger partial charge in [0.15, 0.2) is 0 Å². The molecular weight excluding hydrogens is 314 g/mol. The smallest absolute Gasteiger partial charge is 0.265 e.